The Bertz CT molecular complexity index is 479. The Morgan fingerprint density at radius 2 is 2.21 bits per heavy atom. The predicted molar refractivity (Wildman–Crippen MR) is 77.1 cm³/mol. The van der Waals surface area contributed by atoms with Gasteiger partial charge in [0.1, 0.15) is 12.2 Å². The fourth-order valence-electron chi connectivity index (χ4n) is 2.14. The molecule has 4 heteroatoms. The number of aryl methyl sites for hydroxylation is 2. The molecule has 2 aromatic rings. The molecule has 1 heterocycles. The molecule has 0 aliphatic heterocycles. The molecular formula is C15H22N4. The molecule has 0 saturated heterocycles. The van der Waals surface area contributed by atoms with Crippen molar-refractivity contribution < 1.29 is 0 Å². The minimum atomic E-state index is 0.517. The lowest BCUT2D eigenvalue weighted by Gasteiger charge is -2.13. The van der Waals surface area contributed by atoms with Gasteiger partial charge in [-0.1, -0.05) is 29.8 Å². The Labute approximate surface area is 114 Å². The second kappa shape index (κ2) is 7.04. The van der Waals surface area contributed by atoms with Crippen LogP contribution in [0.4, 0.5) is 0 Å². The van der Waals surface area contributed by atoms with Crippen LogP contribution in [0.3, 0.4) is 0 Å². The summed E-state index contributed by atoms with van der Waals surface area (Å²) < 4.78 is 0. The van der Waals surface area contributed by atoms with Crippen LogP contribution in [0.1, 0.15) is 30.3 Å². The first kappa shape index (κ1) is 13.7. The van der Waals surface area contributed by atoms with Crippen LogP contribution in [0.2, 0.25) is 0 Å². The minimum Gasteiger partial charge on any atom is -0.314 e. The van der Waals surface area contributed by atoms with Crippen molar-refractivity contribution in [3.8, 4) is 0 Å². The Morgan fingerprint density at radius 3 is 2.95 bits per heavy atom. The Hall–Kier alpha value is -1.68. The van der Waals surface area contributed by atoms with Crippen LogP contribution in [-0.2, 0) is 12.8 Å². The first-order valence-electron chi connectivity index (χ1n) is 6.87. The Balaban J connectivity index is 1.65. The molecule has 0 aliphatic carbocycles. The van der Waals surface area contributed by atoms with Crippen molar-refractivity contribution in [2.75, 3.05) is 6.54 Å². The summed E-state index contributed by atoms with van der Waals surface area (Å²) in [5.74, 6) is 0.943. The highest BCUT2D eigenvalue weighted by atomic mass is 15.2. The van der Waals surface area contributed by atoms with Crippen LogP contribution >= 0.6 is 0 Å². The van der Waals surface area contributed by atoms with Crippen LogP contribution in [-0.4, -0.2) is 27.8 Å². The predicted octanol–water partition coefficient (Wildman–Crippen LogP) is 2.27. The molecule has 19 heavy (non-hydrogen) atoms. The molecule has 0 fully saturated rings. The largest absolute Gasteiger partial charge is 0.314 e. The summed E-state index contributed by atoms with van der Waals surface area (Å²) >= 11 is 0. The lowest BCUT2D eigenvalue weighted by atomic mass is 10.0. The molecule has 1 aromatic heterocycles. The molecule has 0 spiro atoms. The number of nitrogens with zero attached hydrogens (tertiary/aromatic N) is 2. The topological polar surface area (TPSA) is 53.6 Å². The van der Waals surface area contributed by atoms with Gasteiger partial charge in [0.25, 0.3) is 0 Å². The molecule has 2 N–H and O–H groups in total. The number of aromatic amines is 1. The SMILES string of the molecule is Cc1cccc(CCC(C)NCCc2ncn[nH]2)c1. The number of rotatable bonds is 7. The van der Waals surface area contributed by atoms with Gasteiger partial charge in [0.05, 0.1) is 0 Å². The standard InChI is InChI=1S/C15H22N4/c1-12-4-3-5-14(10-12)7-6-13(2)16-9-8-15-17-11-18-19-15/h3-5,10-11,13,16H,6-9H2,1-2H3,(H,17,18,19). The van der Waals surface area contributed by atoms with E-state index in [4.69, 9.17) is 0 Å². The molecule has 0 amide bonds. The lowest BCUT2D eigenvalue weighted by molar-refractivity contribution is 0.514. The van der Waals surface area contributed by atoms with E-state index in [-0.39, 0.29) is 0 Å². The van der Waals surface area contributed by atoms with Crippen molar-refractivity contribution in [1.82, 2.24) is 20.5 Å². The molecular weight excluding hydrogens is 236 g/mol. The Kier molecular flexibility index (Phi) is 5.10. The van der Waals surface area contributed by atoms with Crippen LogP contribution < -0.4 is 5.32 Å². The first-order chi connectivity index (χ1) is 9.24. The average molecular weight is 258 g/mol. The molecule has 4 nitrogen and oxygen atoms in total. The molecule has 102 valence electrons. The summed E-state index contributed by atoms with van der Waals surface area (Å²) in [7, 11) is 0. The minimum absolute atomic E-state index is 0.517. The smallest absolute Gasteiger partial charge is 0.137 e. The second-order valence-corrected chi connectivity index (χ2v) is 5.07. The maximum Gasteiger partial charge on any atom is 0.137 e. The van der Waals surface area contributed by atoms with Gasteiger partial charge in [-0.25, -0.2) is 4.98 Å². The van der Waals surface area contributed by atoms with Gasteiger partial charge in [0.2, 0.25) is 0 Å². The van der Waals surface area contributed by atoms with Crippen LogP contribution in [0.15, 0.2) is 30.6 Å². The van der Waals surface area contributed by atoms with Crippen molar-refractivity contribution in [3.05, 3.63) is 47.5 Å². The van der Waals surface area contributed by atoms with E-state index in [1.807, 2.05) is 0 Å². The number of benzene rings is 1. The molecule has 1 atom stereocenters. The van der Waals surface area contributed by atoms with E-state index < -0.39 is 0 Å². The van der Waals surface area contributed by atoms with Crippen molar-refractivity contribution in [3.63, 3.8) is 0 Å². The normalized spacial score (nSPS) is 12.5. The van der Waals surface area contributed by atoms with E-state index in [2.05, 4.69) is 58.6 Å². The molecule has 1 unspecified atom stereocenters. The molecule has 0 radical (unpaired) electrons. The van der Waals surface area contributed by atoms with E-state index in [0.717, 1.165) is 31.6 Å². The molecule has 2 rings (SSSR count). The van der Waals surface area contributed by atoms with Crippen molar-refractivity contribution in [2.24, 2.45) is 0 Å². The van der Waals surface area contributed by atoms with Crippen molar-refractivity contribution in [2.45, 2.75) is 39.2 Å². The molecule has 1 aromatic carbocycles. The summed E-state index contributed by atoms with van der Waals surface area (Å²) in [5.41, 5.74) is 2.76. The van der Waals surface area contributed by atoms with Gasteiger partial charge >= 0.3 is 0 Å². The fourth-order valence-corrected chi connectivity index (χ4v) is 2.14. The summed E-state index contributed by atoms with van der Waals surface area (Å²) in [6, 6.07) is 9.26. The lowest BCUT2D eigenvalue weighted by Crippen LogP contribution is -2.28. The van der Waals surface area contributed by atoms with Crippen LogP contribution in [0.5, 0.6) is 0 Å². The zero-order chi connectivity index (χ0) is 13.5. The van der Waals surface area contributed by atoms with E-state index in [1.165, 1.54) is 11.1 Å². The molecule has 0 bridgehead atoms. The van der Waals surface area contributed by atoms with Crippen molar-refractivity contribution >= 4 is 0 Å². The first-order valence-corrected chi connectivity index (χ1v) is 6.87. The third-order valence-corrected chi connectivity index (χ3v) is 3.27. The highest BCUT2D eigenvalue weighted by Crippen LogP contribution is 2.08. The van der Waals surface area contributed by atoms with Gasteiger partial charge in [-0.3, -0.25) is 5.10 Å². The van der Waals surface area contributed by atoms with Gasteiger partial charge in [-0.05, 0) is 32.3 Å². The second-order valence-electron chi connectivity index (χ2n) is 5.07. The van der Waals surface area contributed by atoms with E-state index in [0.29, 0.717) is 6.04 Å². The van der Waals surface area contributed by atoms with E-state index >= 15 is 0 Å². The van der Waals surface area contributed by atoms with Gasteiger partial charge < -0.3 is 5.32 Å². The van der Waals surface area contributed by atoms with Crippen molar-refractivity contribution in [1.29, 1.82) is 0 Å². The van der Waals surface area contributed by atoms with E-state index in [9.17, 15) is 0 Å². The number of hydrogen-bond donors (Lipinski definition) is 2. The molecule has 0 aliphatic rings. The number of nitrogens with one attached hydrogen (secondary N) is 2. The molecule has 0 saturated carbocycles. The monoisotopic (exact) mass is 258 g/mol. The summed E-state index contributed by atoms with van der Waals surface area (Å²) in [6.07, 6.45) is 4.73. The van der Waals surface area contributed by atoms with Gasteiger partial charge in [0, 0.05) is 19.0 Å². The zero-order valence-electron chi connectivity index (χ0n) is 11.7. The maximum atomic E-state index is 4.11. The number of hydrogen-bond acceptors (Lipinski definition) is 3. The van der Waals surface area contributed by atoms with Crippen LogP contribution in [0, 0.1) is 6.92 Å². The fraction of sp³-hybridized carbons (Fsp3) is 0.467. The average Bonchev–Trinajstić information content (AvgIpc) is 2.90. The highest BCUT2D eigenvalue weighted by molar-refractivity contribution is 5.22. The summed E-state index contributed by atoms with van der Waals surface area (Å²) in [5, 5.41) is 10.2. The maximum absolute atomic E-state index is 4.11. The summed E-state index contributed by atoms with van der Waals surface area (Å²) in [6.45, 7) is 5.31. The van der Waals surface area contributed by atoms with E-state index in [1.54, 1.807) is 6.33 Å². The quantitative estimate of drug-likeness (QED) is 0.801. The Morgan fingerprint density at radius 1 is 1.32 bits per heavy atom. The highest BCUT2D eigenvalue weighted by Gasteiger charge is 2.03. The third kappa shape index (κ3) is 4.83. The van der Waals surface area contributed by atoms with Gasteiger partial charge in [0.15, 0.2) is 0 Å². The number of aromatic nitrogens is 3. The third-order valence-electron chi connectivity index (χ3n) is 3.27. The zero-order valence-corrected chi connectivity index (χ0v) is 11.7. The summed E-state index contributed by atoms with van der Waals surface area (Å²) in [4.78, 5) is 4.11. The van der Waals surface area contributed by atoms with Gasteiger partial charge in [-0.15, -0.1) is 0 Å². The number of H-pyrrole nitrogens is 1. The van der Waals surface area contributed by atoms with Gasteiger partial charge in [-0.2, -0.15) is 5.10 Å². The van der Waals surface area contributed by atoms with Crippen LogP contribution in [0.25, 0.3) is 0 Å².